The van der Waals surface area contributed by atoms with Gasteiger partial charge >= 0.3 is 0 Å². The van der Waals surface area contributed by atoms with Crippen LogP contribution in [0, 0.1) is 0 Å². The second-order valence-electron chi connectivity index (χ2n) is 5.62. The van der Waals surface area contributed by atoms with Crippen LogP contribution >= 0.6 is 0 Å². The third kappa shape index (κ3) is 2.38. The molecular formula is C12H25N3O. The predicted molar refractivity (Wildman–Crippen MR) is 66.2 cm³/mol. The van der Waals surface area contributed by atoms with Crippen molar-refractivity contribution >= 4 is 5.91 Å². The number of nitrogens with zero attached hydrogens (tertiary/aromatic N) is 2. The van der Waals surface area contributed by atoms with Gasteiger partial charge in [-0.3, -0.25) is 9.69 Å². The maximum absolute atomic E-state index is 12.4. The van der Waals surface area contributed by atoms with Gasteiger partial charge in [0.25, 0.3) is 0 Å². The van der Waals surface area contributed by atoms with Crippen LogP contribution in [0.5, 0.6) is 0 Å². The first-order valence-corrected chi connectivity index (χ1v) is 6.04. The van der Waals surface area contributed by atoms with Crippen LogP contribution in [0.1, 0.15) is 34.1 Å². The van der Waals surface area contributed by atoms with Crippen LogP contribution < -0.4 is 5.73 Å². The number of carbonyl (C=O) groups excluding carboxylic acids is 1. The highest BCUT2D eigenvalue weighted by atomic mass is 16.2. The summed E-state index contributed by atoms with van der Waals surface area (Å²) < 4.78 is 0. The Bertz CT molecular complexity index is 263. The number of hydrogen-bond acceptors (Lipinski definition) is 3. The maximum atomic E-state index is 12.4. The van der Waals surface area contributed by atoms with Crippen molar-refractivity contribution in [3.63, 3.8) is 0 Å². The lowest BCUT2D eigenvalue weighted by atomic mass is 9.92. The van der Waals surface area contributed by atoms with Gasteiger partial charge in [-0.25, -0.2) is 0 Å². The average molecular weight is 227 g/mol. The highest BCUT2D eigenvalue weighted by molar-refractivity contribution is 5.83. The van der Waals surface area contributed by atoms with E-state index in [-0.39, 0.29) is 23.5 Å². The molecule has 94 valence electrons. The van der Waals surface area contributed by atoms with Crippen molar-refractivity contribution in [2.24, 2.45) is 5.73 Å². The number of rotatable bonds is 3. The van der Waals surface area contributed by atoms with Crippen molar-refractivity contribution < 1.29 is 4.79 Å². The quantitative estimate of drug-likeness (QED) is 0.771. The average Bonchev–Trinajstić information content (AvgIpc) is 2.09. The Hall–Kier alpha value is -0.610. The Labute approximate surface area is 98.8 Å². The van der Waals surface area contributed by atoms with E-state index in [1.807, 2.05) is 11.9 Å². The molecule has 2 N–H and O–H groups in total. The molecule has 0 spiro atoms. The minimum atomic E-state index is -0.0922. The summed E-state index contributed by atoms with van der Waals surface area (Å²) in [6, 6.07) is 0.205. The van der Waals surface area contributed by atoms with Crippen LogP contribution in [0.4, 0.5) is 0 Å². The van der Waals surface area contributed by atoms with E-state index in [0.717, 1.165) is 13.0 Å². The van der Waals surface area contributed by atoms with E-state index in [1.165, 1.54) is 0 Å². The molecule has 0 aromatic rings. The first-order chi connectivity index (χ1) is 7.31. The van der Waals surface area contributed by atoms with Crippen LogP contribution in [0.25, 0.3) is 0 Å². The molecule has 1 aliphatic heterocycles. The molecule has 1 aliphatic rings. The molecule has 16 heavy (non-hydrogen) atoms. The van der Waals surface area contributed by atoms with Crippen molar-refractivity contribution in [3.8, 4) is 0 Å². The number of piperazine rings is 1. The van der Waals surface area contributed by atoms with Crippen molar-refractivity contribution in [1.82, 2.24) is 9.80 Å². The fourth-order valence-corrected chi connectivity index (χ4v) is 2.90. The SMILES string of the molecule is CC(C)N1C(=O)C(CCN)N(C)CC1(C)C. The van der Waals surface area contributed by atoms with Gasteiger partial charge in [-0.2, -0.15) is 0 Å². The molecule has 4 heteroatoms. The van der Waals surface area contributed by atoms with Crippen molar-refractivity contribution in [2.45, 2.75) is 51.7 Å². The molecule has 1 atom stereocenters. The zero-order valence-corrected chi connectivity index (χ0v) is 11.2. The van der Waals surface area contributed by atoms with Gasteiger partial charge in [0.05, 0.1) is 11.6 Å². The molecular weight excluding hydrogens is 202 g/mol. The molecule has 0 aliphatic carbocycles. The summed E-state index contributed by atoms with van der Waals surface area (Å²) in [5.41, 5.74) is 5.48. The maximum Gasteiger partial charge on any atom is 0.240 e. The highest BCUT2D eigenvalue weighted by Gasteiger charge is 2.43. The normalized spacial score (nSPS) is 26.6. The molecule has 0 radical (unpaired) electrons. The Kier molecular flexibility index (Phi) is 3.97. The smallest absolute Gasteiger partial charge is 0.240 e. The van der Waals surface area contributed by atoms with E-state index in [9.17, 15) is 4.79 Å². The van der Waals surface area contributed by atoms with Gasteiger partial charge in [-0.1, -0.05) is 0 Å². The van der Waals surface area contributed by atoms with E-state index < -0.39 is 0 Å². The summed E-state index contributed by atoms with van der Waals surface area (Å²) in [7, 11) is 2.01. The molecule has 1 heterocycles. The van der Waals surface area contributed by atoms with Gasteiger partial charge in [0.2, 0.25) is 5.91 Å². The molecule has 0 aromatic heterocycles. The topological polar surface area (TPSA) is 49.6 Å². The van der Waals surface area contributed by atoms with Gasteiger partial charge in [0.15, 0.2) is 0 Å². The molecule has 4 nitrogen and oxygen atoms in total. The number of likely N-dealkylation sites (N-methyl/N-ethyl adjacent to an activating group) is 1. The Balaban J connectivity index is 2.94. The van der Waals surface area contributed by atoms with E-state index in [1.54, 1.807) is 0 Å². The van der Waals surface area contributed by atoms with Gasteiger partial charge in [0.1, 0.15) is 0 Å². The number of carbonyl (C=O) groups is 1. The third-order valence-electron chi connectivity index (χ3n) is 3.30. The summed E-state index contributed by atoms with van der Waals surface area (Å²) in [6.45, 7) is 9.86. The lowest BCUT2D eigenvalue weighted by molar-refractivity contribution is -0.153. The molecule has 1 fully saturated rings. The monoisotopic (exact) mass is 227 g/mol. The number of amides is 1. The van der Waals surface area contributed by atoms with Crippen LogP contribution in [0.3, 0.4) is 0 Å². The minimum Gasteiger partial charge on any atom is -0.333 e. The summed E-state index contributed by atoms with van der Waals surface area (Å²) in [4.78, 5) is 16.6. The summed E-state index contributed by atoms with van der Waals surface area (Å²) >= 11 is 0. The lowest BCUT2D eigenvalue weighted by Gasteiger charge is -2.51. The van der Waals surface area contributed by atoms with Gasteiger partial charge in [-0.15, -0.1) is 0 Å². The predicted octanol–water partition coefficient (Wildman–Crippen LogP) is 0.665. The Morgan fingerprint density at radius 1 is 1.50 bits per heavy atom. The molecule has 0 aromatic carbocycles. The fraction of sp³-hybridized carbons (Fsp3) is 0.917. The molecule has 1 amide bonds. The number of hydrogen-bond donors (Lipinski definition) is 1. The van der Waals surface area contributed by atoms with E-state index in [0.29, 0.717) is 6.54 Å². The van der Waals surface area contributed by atoms with E-state index >= 15 is 0 Å². The van der Waals surface area contributed by atoms with Crippen molar-refractivity contribution in [2.75, 3.05) is 20.1 Å². The molecule has 1 saturated heterocycles. The summed E-state index contributed by atoms with van der Waals surface area (Å²) in [5, 5.41) is 0. The van der Waals surface area contributed by atoms with Crippen LogP contribution in [-0.2, 0) is 4.79 Å². The summed E-state index contributed by atoms with van der Waals surface area (Å²) in [5.74, 6) is 0.221. The van der Waals surface area contributed by atoms with Crippen LogP contribution in [0.2, 0.25) is 0 Å². The van der Waals surface area contributed by atoms with E-state index in [4.69, 9.17) is 5.73 Å². The van der Waals surface area contributed by atoms with E-state index in [2.05, 4.69) is 32.6 Å². The molecule has 0 saturated carbocycles. The zero-order chi connectivity index (χ0) is 12.5. The molecule has 0 bridgehead atoms. The summed E-state index contributed by atoms with van der Waals surface area (Å²) in [6.07, 6.45) is 0.745. The van der Waals surface area contributed by atoms with Crippen LogP contribution in [0.15, 0.2) is 0 Å². The van der Waals surface area contributed by atoms with Crippen molar-refractivity contribution in [3.05, 3.63) is 0 Å². The Morgan fingerprint density at radius 2 is 2.06 bits per heavy atom. The largest absolute Gasteiger partial charge is 0.333 e. The molecule has 1 rings (SSSR count). The van der Waals surface area contributed by atoms with Gasteiger partial charge in [0, 0.05) is 12.6 Å². The number of nitrogens with two attached hydrogens (primary N) is 1. The third-order valence-corrected chi connectivity index (χ3v) is 3.30. The van der Waals surface area contributed by atoms with Gasteiger partial charge < -0.3 is 10.6 Å². The van der Waals surface area contributed by atoms with Crippen molar-refractivity contribution in [1.29, 1.82) is 0 Å². The standard InChI is InChI=1S/C12H25N3O/c1-9(2)15-11(16)10(6-7-13)14(5)8-12(15,3)4/h9-10H,6-8,13H2,1-5H3. The Morgan fingerprint density at radius 3 is 2.50 bits per heavy atom. The second-order valence-corrected chi connectivity index (χ2v) is 5.62. The first-order valence-electron chi connectivity index (χ1n) is 6.04. The lowest BCUT2D eigenvalue weighted by Crippen LogP contribution is -2.67. The van der Waals surface area contributed by atoms with Crippen LogP contribution in [-0.4, -0.2) is 53.5 Å². The highest BCUT2D eigenvalue weighted by Crippen LogP contribution is 2.27. The molecule has 1 unspecified atom stereocenters. The zero-order valence-electron chi connectivity index (χ0n) is 11.2. The van der Waals surface area contributed by atoms with Gasteiger partial charge in [-0.05, 0) is 47.7 Å². The minimum absolute atomic E-state index is 0.0413. The first kappa shape index (κ1) is 13.5. The fourth-order valence-electron chi connectivity index (χ4n) is 2.90. The second kappa shape index (κ2) is 4.72.